The van der Waals surface area contributed by atoms with Gasteiger partial charge in [0, 0.05) is 19.5 Å². The van der Waals surface area contributed by atoms with Gasteiger partial charge in [0.25, 0.3) is 0 Å². The Hall–Kier alpha value is 1.65. The summed E-state index contributed by atoms with van der Waals surface area (Å²) in [5.41, 5.74) is 0. The van der Waals surface area contributed by atoms with E-state index in [0.717, 1.165) is 0 Å². The van der Waals surface area contributed by atoms with Crippen molar-refractivity contribution in [2.75, 3.05) is 60.0 Å². The van der Waals surface area contributed by atoms with Gasteiger partial charge >= 0.3 is 0 Å². The minimum atomic E-state index is 0. The van der Waals surface area contributed by atoms with Crippen molar-refractivity contribution < 1.29 is 19.5 Å². The zero-order valence-electron chi connectivity index (χ0n) is 12.7. The van der Waals surface area contributed by atoms with Crippen LogP contribution < -0.4 is 0 Å². The average Bonchev–Trinajstić information content (AvgIpc) is 1.81. The molecule has 16 heavy (non-hydrogen) atoms. The fourth-order valence-corrected chi connectivity index (χ4v) is 0. The van der Waals surface area contributed by atoms with Crippen molar-refractivity contribution in [2.45, 2.75) is 0 Å². The van der Waals surface area contributed by atoms with Crippen LogP contribution in [-0.2, 0) is 19.5 Å². The van der Waals surface area contributed by atoms with Crippen molar-refractivity contribution in [1.29, 1.82) is 0 Å². The van der Waals surface area contributed by atoms with Gasteiger partial charge in [0.2, 0.25) is 0 Å². The molecule has 0 amide bonds. The van der Waals surface area contributed by atoms with Crippen LogP contribution in [0, 0.1) is 6.92 Å². The molecule has 0 fully saturated rings. The standard InChI is InChI=1S/3C3H9P.C3H5.Rh/c3*1-4(2)3;1-3-2;/h3*1-3H3;3H,1-2H2;. The summed E-state index contributed by atoms with van der Waals surface area (Å²) in [7, 11) is 1.14. The molecule has 0 saturated heterocycles. The zero-order valence-corrected chi connectivity index (χ0v) is 17.0. The maximum absolute atomic E-state index is 3.25. The Morgan fingerprint density at radius 3 is 0.625 bits per heavy atom. The van der Waals surface area contributed by atoms with Crippen LogP contribution in [0.5, 0.6) is 0 Å². The van der Waals surface area contributed by atoms with E-state index in [4.69, 9.17) is 0 Å². The molecule has 0 spiro atoms. The van der Waals surface area contributed by atoms with E-state index in [9.17, 15) is 0 Å². The predicted molar refractivity (Wildman–Crippen MR) is 89.6 cm³/mol. The van der Waals surface area contributed by atoms with Crippen LogP contribution in [0.25, 0.3) is 0 Å². The molecule has 0 aromatic rings. The first-order valence-corrected chi connectivity index (χ1v) is 12.9. The van der Waals surface area contributed by atoms with Crippen LogP contribution in [0.4, 0.5) is 0 Å². The van der Waals surface area contributed by atoms with E-state index in [1.807, 2.05) is 0 Å². The molecule has 0 unspecified atom stereocenters. The minimum absolute atomic E-state index is 0. The van der Waals surface area contributed by atoms with Gasteiger partial charge < -0.3 is 0 Å². The summed E-state index contributed by atoms with van der Waals surface area (Å²) in [4.78, 5) is 0. The molecule has 4 heteroatoms. The predicted octanol–water partition coefficient (Wildman–Crippen LogP) is 5.08. The first kappa shape index (κ1) is 30.6. The SMILES string of the molecule is CP(C)C.CP(C)C.CP(C)C.[CH2]C=C.[Rh]. The van der Waals surface area contributed by atoms with E-state index in [0.29, 0.717) is 23.8 Å². The van der Waals surface area contributed by atoms with E-state index >= 15 is 0 Å². The fourth-order valence-electron chi connectivity index (χ4n) is 0. The van der Waals surface area contributed by atoms with E-state index < -0.39 is 0 Å². The topological polar surface area (TPSA) is 0 Å². The fraction of sp³-hybridized carbons (Fsp3) is 0.750. The third-order valence-electron chi connectivity index (χ3n) is 0. The van der Waals surface area contributed by atoms with E-state index in [1.165, 1.54) is 6.08 Å². The molecule has 0 aliphatic heterocycles. The monoisotopic (exact) mass is 372 g/mol. The molecule has 0 bridgehead atoms. The second kappa shape index (κ2) is 30.0. The largest absolute Gasteiger partial charge is 0.116 e. The molecule has 0 nitrogen and oxygen atoms in total. The van der Waals surface area contributed by atoms with Gasteiger partial charge in [0.05, 0.1) is 0 Å². The first-order chi connectivity index (χ1) is 6.61. The van der Waals surface area contributed by atoms with Crippen LogP contribution in [0.2, 0.25) is 0 Å². The quantitative estimate of drug-likeness (QED) is 0.411. The zero-order chi connectivity index (χ0) is 13.4. The van der Waals surface area contributed by atoms with Crippen LogP contribution in [0.15, 0.2) is 12.7 Å². The smallest absolute Gasteiger partial charge is 0 e. The second-order valence-corrected chi connectivity index (χ2v) is 12.4. The molecular weight excluding hydrogens is 340 g/mol. The first-order valence-electron chi connectivity index (χ1n) is 4.84. The molecule has 0 rings (SSSR count). The van der Waals surface area contributed by atoms with Crippen molar-refractivity contribution in [2.24, 2.45) is 0 Å². The Labute approximate surface area is 122 Å². The van der Waals surface area contributed by atoms with Gasteiger partial charge in [0.1, 0.15) is 0 Å². The van der Waals surface area contributed by atoms with Crippen LogP contribution in [-0.4, -0.2) is 60.0 Å². The summed E-state index contributed by atoms with van der Waals surface area (Å²) in [6.45, 7) is 26.6. The molecule has 104 valence electrons. The third kappa shape index (κ3) is 1230. The Balaban J connectivity index is -0.0000000331. The molecule has 0 aliphatic carbocycles. The maximum Gasteiger partial charge on any atom is 0 e. The number of hydrogen-bond donors (Lipinski definition) is 0. The Morgan fingerprint density at radius 2 is 0.625 bits per heavy atom. The van der Waals surface area contributed by atoms with Gasteiger partial charge in [-0.3, -0.25) is 0 Å². The van der Waals surface area contributed by atoms with Gasteiger partial charge in [-0.2, -0.15) is 0 Å². The van der Waals surface area contributed by atoms with Gasteiger partial charge in [0.15, 0.2) is 0 Å². The molecule has 2 radical (unpaired) electrons. The Kier molecular flexibility index (Phi) is 57.4. The Morgan fingerprint density at radius 1 is 0.625 bits per heavy atom. The van der Waals surface area contributed by atoms with Crippen LogP contribution >= 0.6 is 23.8 Å². The van der Waals surface area contributed by atoms with Crippen molar-refractivity contribution in [3.8, 4) is 0 Å². The normalized spacial score (nSPS) is 7.56. The summed E-state index contributed by atoms with van der Waals surface area (Å²) in [6.07, 6.45) is 1.50. The van der Waals surface area contributed by atoms with Crippen molar-refractivity contribution >= 4 is 23.8 Å². The van der Waals surface area contributed by atoms with Gasteiger partial charge in [-0.1, -0.05) is 6.08 Å². The summed E-state index contributed by atoms with van der Waals surface area (Å²) in [5, 5.41) is 0. The van der Waals surface area contributed by atoms with E-state index in [-0.39, 0.29) is 19.5 Å². The van der Waals surface area contributed by atoms with Crippen molar-refractivity contribution in [3.63, 3.8) is 0 Å². The number of hydrogen-bond acceptors (Lipinski definition) is 0. The van der Waals surface area contributed by atoms with Crippen molar-refractivity contribution in [3.05, 3.63) is 19.6 Å². The summed E-state index contributed by atoms with van der Waals surface area (Å²) >= 11 is 0. The summed E-state index contributed by atoms with van der Waals surface area (Å²) in [6, 6.07) is 0. The summed E-state index contributed by atoms with van der Waals surface area (Å²) < 4.78 is 0. The van der Waals surface area contributed by atoms with Gasteiger partial charge in [-0.05, 0) is 66.9 Å². The molecule has 0 atom stereocenters. The molecular formula is C12H32P3Rh. The maximum atomic E-state index is 3.25. The average molecular weight is 372 g/mol. The summed E-state index contributed by atoms with van der Waals surface area (Å²) in [5.74, 6) is 0. The minimum Gasteiger partial charge on any atom is -0.116 e. The van der Waals surface area contributed by atoms with E-state index in [1.54, 1.807) is 0 Å². The molecule has 0 heterocycles. The third-order valence-corrected chi connectivity index (χ3v) is 0. The molecule has 0 N–H and O–H groups in total. The van der Waals surface area contributed by atoms with Gasteiger partial charge in [-0.15, -0.1) is 30.3 Å². The molecule has 0 aromatic carbocycles. The number of allylic oxidation sites excluding steroid dienone is 1. The number of rotatable bonds is 0. The molecule has 0 saturated carbocycles. The van der Waals surface area contributed by atoms with E-state index in [2.05, 4.69) is 73.5 Å². The second-order valence-electron chi connectivity index (χ2n) is 4.31. The van der Waals surface area contributed by atoms with Crippen molar-refractivity contribution in [1.82, 2.24) is 0 Å². The molecule has 0 aliphatic rings. The molecule has 0 aromatic heterocycles. The Bertz CT molecular complexity index is 71.7. The van der Waals surface area contributed by atoms with Crippen LogP contribution in [0.1, 0.15) is 0 Å². The van der Waals surface area contributed by atoms with Crippen LogP contribution in [0.3, 0.4) is 0 Å². The van der Waals surface area contributed by atoms with Gasteiger partial charge in [-0.25, -0.2) is 0 Å².